The van der Waals surface area contributed by atoms with Crippen LogP contribution >= 0.6 is 0 Å². The van der Waals surface area contributed by atoms with E-state index >= 15 is 0 Å². The highest BCUT2D eigenvalue weighted by Crippen LogP contribution is 2.26. The predicted molar refractivity (Wildman–Crippen MR) is 138 cm³/mol. The quantitative estimate of drug-likeness (QED) is 0.394. The van der Waals surface area contributed by atoms with E-state index < -0.39 is 10.0 Å². The van der Waals surface area contributed by atoms with Crippen molar-refractivity contribution >= 4 is 21.6 Å². The van der Waals surface area contributed by atoms with Crippen LogP contribution in [-0.2, 0) is 14.8 Å². The van der Waals surface area contributed by atoms with Crippen LogP contribution in [0.4, 0.5) is 5.69 Å². The van der Waals surface area contributed by atoms with Crippen LogP contribution in [0.1, 0.15) is 57.2 Å². The van der Waals surface area contributed by atoms with Gasteiger partial charge in [0.2, 0.25) is 5.91 Å². The van der Waals surface area contributed by atoms with Crippen LogP contribution in [0, 0.1) is 5.92 Å². The third kappa shape index (κ3) is 6.48. The Hall–Kier alpha value is -3.12. The van der Waals surface area contributed by atoms with E-state index in [-0.39, 0.29) is 23.4 Å². The summed E-state index contributed by atoms with van der Waals surface area (Å²) in [6.07, 6.45) is 0.754. The highest BCUT2D eigenvalue weighted by atomic mass is 32.2. The monoisotopic (exact) mass is 478 g/mol. The molecule has 1 atom stereocenters. The Kier molecular flexibility index (Phi) is 8.51. The second-order valence-corrected chi connectivity index (χ2v) is 11.1. The van der Waals surface area contributed by atoms with Crippen LogP contribution < -0.4 is 9.62 Å². The first-order valence-electron chi connectivity index (χ1n) is 11.7. The fraction of sp³-hybridized carbons (Fsp3) is 0.321. The van der Waals surface area contributed by atoms with Gasteiger partial charge in [-0.1, -0.05) is 88.4 Å². The summed E-state index contributed by atoms with van der Waals surface area (Å²) in [5, 5.41) is 3.07. The van der Waals surface area contributed by atoms with Gasteiger partial charge in [-0.2, -0.15) is 0 Å². The molecule has 0 aliphatic carbocycles. The molecule has 0 saturated heterocycles. The molecule has 34 heavy (non-hydrogen) atoms. The van der Waals surface area contributed by atoms with E-state index in [9.17, 15) is 13.2 Å². The van der Waals surface area contributed by atoms with E-state index in [2.05, 4.69) is 33.0 Å². The molecule has 180 valence electrons. The topological polar surface area (TPSA) is 66.5 Å². The molecule has 0 aliphatic heterocycles. The van der Waals surface area contributed by atoms with E-state index in [1.807, 2.05) is 42.5 Å². The molecular weight excluding hydrogens is 444 g/mol. The molecule has 3 aromatic rings. The molecule has 0 unspecified atom stereocenters. The normalized spacial score (nSPS) is 12.5. The third-order valence-corrected chi connectivity index (χ3v) is 7.50. The first-order chi connectivity index (χ1) is 16.2. The van der Waals surface area contributed by atoms with Crippen molar-refractivity contribution in [2.75, 3.05) is 10.8 Å². The van der Waals surface area contributed by atoms with Gasteiger partial charge in [0.05, 0.1) is 16.6 Å². The summed E-state index contributed by atoms with van der Waals surface area (Å²) in [4.78, 5) is 13.4. The molecule has 0 heterocycles. The lowest BCUT2D eigenvalue weighted by atomic mass is 9.97. The van der Waals surface area contributed by atoms with Crippen LogP contribution in [0.5, 0.6) is 0 Å². The fourth-order valence-electron chi connectivity index (χ4n) is 3.87. The Morgan fingerprint density at radius 1 is 0.794 bits per heavy atom. The maximum Gasteiger partial charge on any atom is 0.264 e. The van der Waals surface area contributed by atoms with Crippen molar-refractivity contribution in [3.8, 4) is 0 Å². The minimum Gasteiger partial charge on any atom is -0.348 e. The van der Waals surface area contributed by atoms with E-state index in [0.717, 1.165) is 17.5 Å². The second-order valence-electron chi connectivity index (χ2n) is 9.23. The first-order valence-corrected chi connectivity index (χ1v) is 13.1. The number of carbonyl (C=O) groups is 1. The molecule has 1 amide bonds. The summed E-state index contributed by atoms with van der Waals surface area (Å²) in [5.74, 6) is 0.333. The van der Waals surface area contributed by atoms with Crippen molar-refractivity contribution in [3.63, 3.8) is 0 Å². The number of nitrogens with zero attached hydrogens (tertiary/aromatic N) is 1. The zero-order valence-electron chi connectivity index (χ0n) is 20.3. The molecule has 0 spiro atoms. The van der Waals surface area contributed by atoms with Gasteiger partial charge in [-0.15, -0.1) is 0 Å². The van der Waals surface area contributed by atoms with Gasteiger partial charge >= 0.3 is 0 Å². The number of rotatable bonds is 10. The minimum absolute atomic E-state index is 0.150. The molecule has 0 radical (unpaired) electrons. The van der Waals surface area contributed by atoms with E-state index in [0.29, 0.717) is 17.5 Å². The molecular formula is C28H34N2O3S. The van der Waals surface area contributed by atoms with Gasteiger partial charge in [0.15, 0.2) is 0 Å². The molecule has 0 aromatic heterocycles. The molecule has 0 aliphatic rings. The van der Waals surface area contributed by atoms with Crippen molar-refractivity contribution in [1.29, 1.82) is 0 Å². The van der Waals surface area contributed by atoms with Crippen LogP contribution in [0.2, 0.25) is 0 Å². The number of benzene rings is 3. The summed E-state index contributed by atoms with van der Waals surface area (Å²) < 4.78 is 28.3. The Morgan fingerprint density at radius 3 is 1.88 bits per heavy atom. The maximum absolute atomic E-state index is 13.6. The Labute approximate surface area is 203 Å². The summed E-state index contributed by atoms with van der Waals surface area (Å²) in [5.41, 5.74) is 2.57. The molecule has 3 aromatic carbocycles. The van der Waals surface area contributed by atoms with Crippen molar-refractivity contribution in [1.82, 2.24) is 5.32 Å². The van der Waals surface area contributed by atoms with Gasteiger partial charge in [-0.25, -0.2) is 8.42 Å². The van der Waals surface area contributed by atoms with Gasteiger partial charge in [0.1, 0.15) is 6.54 Å². The zero-order chi connectivity index (χ0) is 24.7. The number of hydrogen-bond donors (Lipinski definition) is 1. The average Bonchev–Trinajstić information content (AvgIpc) is 2.83. The molecule has 3 rings (SSSR count). The second kappa shape index (κ2) is 11.3. The zero-order valence-corrected chi connectivity index (χ0v) is 21.1. The van der Waals surface area contributed by atoms with E-state index in [1.54, 1.807) is 42.5 Å². The number of sulfonamides is 1. The maximum atomic E-state index is 13.6. The number of hydrogen-bond acceptors (Lipinski definition) is 3. The lowest BCUT2D eigenvalue weighted by Gasteiger charge is -2.27. The van der Waals surface area contributed by atoms with E-state index in [4.69, 9.17) is 0 Å². The lowest BCUT2D eigenvalue weighted by molar-refractivity contribution is -0.120. The van der Waals surface area contributed by atoms with Crippen LogP contribution in [-0.4, -0.2) is 20.9 Å². The molecule has 1 N–H and O–H groups in total. The Morgan fingerprint density at radius 2 is 1.35 bits per heavy atom. The number of anilines is 1. The largest absolute Gasteiger partial charge is 0.348 e. The predicted octanol–water partition coefficient (Wildman–Crippen LogP) is 5.91. The molecule has 5 nitrogen and oxygen atoms in total. The van der Waals surface area contributed by atoms with Crippen LogP contribution in [0.25, 0.3) is 0 Å². The molecule has 0 saturated carbocycles. The number of amides is 1. The lowest BCUT2D eigenvalue weighted by Crippen LogP contribution is -2.42. The Balaban J connectivity index is 1.92. The summed E-state index contributed by atoms with van der Waals surface area (Å²) >= 11 is 0. The Bertz CT molecular complexity index is 1160. The fourth-order valence-corrected chi connectivity index (χ4v) is 5.31. The van der Waals surface area contributed by atoms with Gasteiger partial charge in [-0.05, 0) is 53.6 Å². The minimum atomic E-state index is -3.93. The summed E-state index contributed by atoms with van der Waals surface area (Å²) in [6.45, 7) is 8.06. The van der Waals surface area contributed by atoms with E-state index in [1.165, 1.54) is 4.31 Å². The van der Waals surface area contributed by atoms with Crippen molar-refractivity contribution in [2.45, 2.75) is 51.0 Å². The molecule has 0 bridgehead atoms. The SMILES string of the molecule is CC(C)C[C@@H](NC(=O)CN(c1ccc(C(C)C)cc1)S(=O)(=O)c1ccccc1)c1ccccc1. The number of nitrogens with one attached hydrogen (secondary N) is 1. The van der Waals surface area contributed by atoms with Crippen molar-refractivity contribution in [2.24, 2.45) is 5.92 Å². The third-order valence-electron chi connectivity index (χ3n) is 5.71. The van der Waals surface area contributed by atoms with Gasteiger partial charge < -0.3 is 5.32 Å². The average molecular weight is 479 g/mol. The van der Waals surface area contributed by atoms with Gasteiger partial charge in [0, 0.05) is 0 Å². The van der Waals surface area contributed by atoms with Gasteiger partial charge in [0.25, 0.3) is 10.0 Å². The smallest absolute Gasteiger partial charge is 0.264 e. The van der Waals surface area contributed by atoms with Crippen LogP contribution in [0.15, 0.2) is 89.8 Å². The highest BCUT2D eigenvalue weighted by molar-refractivity contribution is 7.92. The number of carbonyl (C=O) groups excluding carboxylic acids is 1. The van der Waals surface area contributed by atoms with Gasteiger partial charge in [-0.3, -0.25) is 9.10 Å². The standard InChI is InChI=1S/C28H34N2O3S/c1-21(2)19-27(24-11-7-5-8-12-24)29-28(31)20-30(25-17-15-23(16-18-25)22(3)4)34(32,33)26-13-9-6-10-14-26/h5-18,21-22,27H,19-20H2,1-4H3,(H,29,31)/t27-/m1/s1. The molecule has 6 heteroatoms. The van der Waals surface area contributed by atoms with Crippen LogP contribution in [0.3, 0.4) is 0 Å². The summed E-state index contributed by atoms with van der Waals surface area (Å²) in [7, 11) is -3.93. The summed E-state index contributed by atoms with van der Waals surface area (Å²) in [6, 6.07) is 25.2. The highest BCUT2D eigenvalue weighted by Gasteiger charge is 2.28. The first kappa shape index (κ1) is 25.5. The van der Waals surface area contributed by atoms with Crippen molar-refractivity contribution < 1.29 is 13.2 Å². The van der Waals surface area contributed by atoms with Crippen molar-refractivity contribution in [3.05, 3.63) is 96.1 Å². The molecule has 0 fully saturated rings.